The van der Waals surface area contributed by atoms with Gasteiger partial charge in [-0.15, -0.1) is 0 Å². The van der Waals surface area contributed by atoms with Gasteiger partial charge in [0, 0.05) is 0 Å². The van der Waals surface area contributed by atoms with Gasteiger partial charge in [0.25, 0.3) is 10.0 Å². The Labute approximate surface area is 148 Å². The van der Waals surface area contributed by atoms with Crippen LogP contribution in [0.2, 0.25) is 0 Å². The lowest BCUT2D eigenvalue weighted by Crippen LogP contribution is -2.36. The van der Waals surface area contributed by atoms with Gasteiger partial charge in [0.05, 0.1) is 24.8 Å². The van der Waals surface area contributed by atoms with E-state index in [1.807, 2.05) is 19.1 Å². The van der Waals surface area contributed by atoms with Crippen molar-refractivity contribution in [2.24, 2.45) is 0 Å². The maximum Gasteiger partial charge on any atom is 0.326 e. The fourth-order valence-electron chi connectivity index (χ4n) is 2.27. The standard InChI is InChI=1S/C18H21NO5S/c1-4-14-5-7-15(8-6-14)19(13-18(20)24-3)25(21,22)17-11-9-16(23-2)10-12-17/h5-12H,4,13H2,1-3H3. The lowest BCUT2D eigenvalue weighted by molar-refractivity contribution is -0.138. The number of aryl methyl sites for hydroxylation is 1. The summed E-state index contributed by atoms with van der Waals surface area (Å²) in [5, 5.41) is 0. The number of carbonyl (C=O) groups is 1. The van der Waals surface area contributed by atoms with Crippen LogP contribution >= 0.6 is 0 Å². The number of methoxy groups -OCH3 is 2. The molecule has 2 rings (SSSR count). The van der Waals surface area contributed by atoms with Crippen LogP contribution in [-0.4, -0.2) is 35.2 Å². The van der Waals surface area contributed by atoms with Crippen molar-refractivity contribution in [3.05, 3.63) is 54.1 Å². The number of hydrogen-bond donors (Lipinski definition) is 0. The molecule has 2 aromatic carbocycles. The highest BCUT2D eigenvalue weighted by Crippen LogP contribution is 2.25. The summed E-state index contributed by atoms with van der Waals surface area (Å²) in [6.07, 6.45) is 0.836. The molecule has 0 spiro atoms. The van der Waals surface area contributed by atoms with Crippen molar-refractivity contribution >= 4 is 21.7 Å². The molecule has 2 aromatic rings. The van der Waals surface area contributed by atoms with E-state index in [0.29, 0.717) is 11.4 Å². The number of anilines is 1. The van der Waals surface area contributed by atoms with Crippen molar-refractivity contribution in [3.63, 3.8) is 0 Å². The Morgan fingerprint density at radius 3 is 2.08 bits per heavy atom. The number of benzene rings is 2. The van der Waals surface area contributed by atoms with Crippen LogP contribution in [0.5, 0.6) is 5.75 Å². The fraction of sp³-hybridized carbons (Fsp3) is 0.278. The van der Waals surface area contributed by atoms with Crippen molar-refractivity contribution in [1.82, 2.24) is 0 Å². The molecule has 0 N–H and O–H groups in total. The summed E-state index contributed by atoms with van der Waals surface area (Å²) < 4.78 is 36.8. The molecule has 6 nitrogen and oxygen atoms in total. The summed E-state index contributed by atoms with van der Waals surface area (Å²) in [6.45, 7) is 1.60. The van der Waals surface area contributed by atoms with Gasteiger partial charge >= 0.3 is 5.97 Å². The second-order valence-corrected chi connectivity index (χ2v) is 7.15. The Balaban J connectivity index is 2.46. The maximum atomic E-state index is 13.0. The van der Waals surface area contributed by atoms with Crippen molar-refractivity contribution in [3.8, 4) is 5.75 Å². The maximum absolute atomic E-state index is 13.0. The smallest absolute Gasteiger partial charge is 0.326 e. The molecule has 0 heterocycles. The number of sulfonamides is 1. The molecule has 0 aliphatic carbocycles. The van der Waals surface area contributed by atoms with Crippen LogP contribution in [0, 0.1) is 0 Å². The Kier molecular flexibility index (Phi) is 6.03. The van der Waals surface area contributed by atoms with Gasteiger partial charge in [-0.1, -0.05) is 19.1 Å². The zero-order valence-corrected chi connectivity index (χ0v) is 15.2. The predicted molar refractivity (Wildman–Crippen MR) is 95.4 cm³/mol. The third-order valence-electron chi connectivity index (χ3n) is 3.78. The number of rotatable bonds is 7. The molecule has 0 aliphatic rings. The molecule has 0 saturated heterocycles. The van der Waals surface area contributed by atoms with E-state index >= 15 is 0 Å². The Bertz CT molecular complexity index is 814. The molecule has 0 unspecified atom stereocenters. The molecule has 0 saturated carbocycles. The van der Waals surface area contributed by atoms with Crippen LogP contribution in [0.15, 0.2) is 53.4 Å². The molecular formula is C18H21NO5S. The van der Waals surface area contributed by atoms with Crippen LogP contribution in [0.1, 0.15) is 12.5 Å². The molecule has 0 aromatic heterocycles. The summed E-state index contributed by atoms with van der Waals surface area (Å²) >= 11 is 0. The predicted octanol–water partition coefficient (Wildman–Crippen LogP) is 2.63. The molecule has 0 fully saturated rings. The van der Waals surface area contributed by atoms with E-state index in [4.69, 9.17) is 4.74 Å². The van der Waals surface area contributed by atoms with Gasteiger partial charge in [0.1, 0.15) is 12.3 Å². The quantitative estimate of drug-likeness (QED) is 0.707. The second kappa shape index (κ2) is 8.02. The molecule has 0 atom stereocenters. The molecule has 7 heteroatoms. The summed E-state index contributed by atoms with van der Waals surface area (Å²) in [4.78, 5) is 11.8. The fourth-order valence-corrected chi connectivity index (χ4v) is 3.68. The highest BCUT2D eigenvalue weighted by molar-refractivity contribution is 7.92. The Morgan fingerprint density at radius 2 is 1.60 bits per heavy atom. The average Bonchev–Trinajstić information content (AvgIpc) is 2.65. The van der Waals surface area contributed by atoms with Gasteiger partial charge in [-0.05, 0) is 48.4 Å². The van der Waals surface area contributed by atoms with Gasteiger partial charge in [0.15, 0.2) is 0 Å². The number of nitrogens with zero attached hydrogens (tertiary/aromatic N) is 1. The summed E-state index contributed by atoms with van der Waals surface area (Å²) in [6, 6.07) is 13.0. The van der Waals surface area contributed by atoms with Gasteiger partial charge in [-0.25, -0.2) is 8.42 Å². The Hall–Kier alpha value is -2.54. The third-order valence-corrected chi connectivity index (χ3v) is 5.57. The van der Waals surface area contributed by atoms with Crippen LogP contribution < -0.4 is 9.04 Å². The van der Waals surface area contributed by atoms with Crippen LogP contribution in [0.25, 0.3) is 0 Å². The largest absolute Gasteiger partial charge is 0.497 e. The SMILES string of the molecule is CCc1ccc(N(CC(=O)OC)S(=O)(=O)c2ccc(OC)cc2)cc1. The van der Waals surface area contributed by atoms with E-state index in [9.17, 15) is 13.2 Å². The van der Waals surface area contributed by atoms with E-state index in [0.717, 1.165) is 16.3 Å². The topological polar surface area (TPSA) is 72.9 Å². The molecule has 134 valence electrons. The van der Waals surface area contributed by atoms with E-state index in [-0.39, 0.29) is 4.90 Å². The van der Waals surface area contributed by atoms with E-state index < -0.39 is 22.5 Å². The highest BCUT2D eigenvalue weighted by Gasteiger charge is 2.27. The number of carbonyl (C=O) groups excluding carboxylic acids is 1. The van der Waals surface area contributed by atoms with Crippen molar-refractivity contribution in [2.75, 3.05) is 25.1 Å². The zero-order chi connectivity index (χ0) is 18.4. The molecule has 0 aliphatic heterocycles. The van der Waals surface area contributed by atoms with E-state index in [1.54, 1.807) is 24.3 Å². The monoisotopic (exact) mass is 363 g/mol. The van der Waals surface area contributed by atoms with Crippen LogP contribution in [0.4, 0.5) is 5.69 Å². The lowest BCUT2D eigenvalue weighted by Gasteiger charge is -2.23. The lowest BCUT2D eigenvalue weighted by atomic mass is 10.1. The van der Waals surface area contributed by atoms with E-state index in [2.05, 4.69) is 4.74 Å². The van der Waals surface area contributed by atoms with E-state index in [1.165, 1.54) is 26.4 Å². The minimum Gasteiger partial charge on any atom is -0.497 e. The first-order valence-electron chi connectivity index (χ1n) is 7.75. The van der Waals surface area contributed by atoms with Gasteiger partial charge in [-0.2, -0.15) is 0 Å². The Morgan fingerprint density at radius 1 is 1.00 bits per heavy atom. The van der Waals surface area contributed by atoms with Gasteiger partial charge in [0.2, 0.25) is 0 Å². The number of esters is 1. The number of hydrogen-bond acceptors (Lipinski definition) is 5. The first-order valence-corrected chi connectivity index (χ1v) is 9.19. The van der Waals surface area contributed by atoms with Gasteiger partial charge in [-0.3, -0.25) is 9.10 Å². The summed E-state index contributed by atoms with van der Waals surface area (Å²) in [7, 11) is -1.20. The third kappa shape index (κ3) is 4.30. The molecular weight excluding hydrogens is 342 g/mol. The second-order valence-electron chi connectivity index (χ2n) is 5.28. The normalized spacial score (nSPS) is 11.0. The van der Waals surface area contributed by atoms with Gasteiger partial charge < -0.3 is 9.47 Å². The first kappa shape index (κ1) is 18.8. The summed E-state index contributed by atoms with van der Waals surface area (Å²) in [5.74, 6) is -0.0950. The molecule has 25 heavy (non-hydrogen) atoms. The number of ether oxygens (including phenoxy) is 2. The van der Waals surface area contributed by atoms with Crippen molar-refractivity contribution in [1.29, 1.82) is 0 Å². The highest BCUT2D eigenvalue weighted by atomic mass is 32.2. The molecule has 0 radical (unpaired) electrons. The minimum atomic E-state index is -3.93. The van der Waals surface area contributed by atoms with Crippen molar-refractivity contribution < 1.29 is 22.7 Å². The van der Waals surface area contributed by atoms with Crippen molar-refractivity contribution in [2.45, 2.75) is 18.2 Å². The average molecular weight is 363 g/mol. The summed E-state index contributed by atoms with van der Waals surface area (Å²) in [5.41, 5.74) is 1.47. The minimum absolute atomic E-state index is 0.0665. The van der Waals surface area contributed by atoms with Crippen LogP contribution in [0.3, 0.4) is 0 Å². The molecule has 0 amide bonds. The first-order chi connectivity index (χ1) is 11.9. The van der Waals surface area contributed by atoms with Crippen LogP contribution in [-0.2, 0) is 26.0 Å². The zero-order valence-electron chi connectivity index (χ0n) is 14.4. The molecule has 0 bridgehead atoms.